The maximum absolute atomic E-state index is 12.6. The van der Waals surface area contributed by atoms with Gasteiger partial charge in [0.2, 0.25) is 5.54 Å². The van der Waals surface area contributed by atoms with E-state index in [4.69, 9.17) is 22.9 Å². The van der Waals surface area contributed by atoms with Gasteiger partial charge in [-0.25, -0.2) is 11.6 Å². The number of para-hydroxylation sites is 1. The lowest BCUT2D eigenvalue weighted by atomic mass is 10.1. The molecule has 1 N–H and O–H groups in total. The Morgan fingerprint density at radius 2 is 1.97 bits per heavy atom. The maximum Gasteiger partial charge on any atom is 0.422 e. The summed E-state index contributed by atoms with van der Waals surface area (Å²) in [5.41, 5.74) is 0.398. The van der Waals surface area contributed by atoms with Gasteiger partial charge in [-0.15, -0.1) is 0 Å². The van der Waals surface area contributed by atoms with E-state index in [9.17, 15) is 18.0 Å². The molecule has 1 aromatic carbocycles. The Balaban J connectivity index is 2.00. The predicted molar refractivity (Wildman–Crippen MR) is 110 cm³/mol. The minimum Gasteiger partial charge on any atom is -0.483 e. The summed E-state index contributed by atoms with van der Waals surface area (Å²) in [6.45, 7) is 9.21. The van der Waals surface area contributed by atoms with Crippen LogP contribution in [0.3, 0.4) is 0 Å². The highest BCUT2D eigenvalue weighted by Gasteiger charge is 2.29. The van der Waals surface area contributed by atoms with Crippen LogP contribution in [0.15, 0.2) is 42.7 Å². The van der Waals surface area contributed by atoms with Crippen LogP contribution >= 0.6 is 11.6 Å². The second kappa shape index (κ2) is 8.47. The number of fused-ring (bicyclic) bond motifs is 1. The smallest absolute Gasteiger partial charge is 0.422 e. The van der Waals surface area contributed by atoms with Crippen molar-refractivity contribution in [1.82, 2.24) is 14.7 Å². The molecule has 3 rings (SSSR count). The van der Waals surface area contributed by atoms with Crippen molar-refractivity contribution in [3.8, 4) is 16.9 Å². The summed E-state index contributed by atoms with van der Waals surface area (Å²) in [5.74, 6) is -0.471. The molecule has 0 bridgehead atoms. The van der Waals surface area contributed by atoms with Gasteiger partial charge in [0.15, 0.2) is 6.61 Å². The first-order valence-corrected chi connectivity index (χ1v) is 9.51. The first kappa shape index (κ1) is 22.4. The number of hydrogen-bond acceptors (Lipinski definition) is 3. The molecule has 0 saturated heterocycles. The molecule has 2 heterocycles. The molecule has 10 heteroatoms. The summed E-state index contributed by atoms with van der Waals surface area (Å²) in [5, 5.41) is 2.96. The van der Waals surface area contributed by atoms with Crippen molar-refractivity contribution >= 4 is 23.2 Å². The average molecular weight is 451 g/mol. The van der Waals surface area contributed by atoms with Gasteiger partial charge < -0.3 is 19.3 Å². The fourth-order valence-electron chi connectivity index (χ4n) is 2.77. The molecular weight excluding hydrogens is 433 g/mol. The van der Waals surface area contributed by atoms with E-state index in [2.05, 4.69) is 15.1 Å². The zero-order chi connectivity index (χ0) is 22.8. The van der Waals surface area contributed by atoms with Crippen LogP contribution in [0, 0.1) is 6.57 Å². The van der Waals surface area contributed by atoms with Crippen molar-refractivity contribution in [2.45, 2.75) is 25.6 Å². The Morgan fingerprint density at radius 1 is 1.26 bits per heavy atom. The zero-order valence-electron chi connectivity index (χ0n) is 16.6. The molecule has 0 radical (unpaired) electrons. The summed E-state index contributed by atoms with van der Waals surface area (Å²) in [7, 11) is 0. The number of aromatic nitrogens is 2. The lowest BCUT2D eigenvalue weighted by Crippen LogP contribution is -2.36. The average Bonchev–Trinajstić information content (AvgIpc) is 3.13. The van der Waals surface area contributed by atoms with Crippen LogP contribution in [0.1, 0.15) is 24.3 Å². The minimum absolute atomic E-state index is 0.0109. The van der Waals surface area contributed by atoms with E-state index >= 15 is 0 Å². The summed E-state index contributed by atoms with van der Waals surface area (Å²) >= 11 is 6.20. The van der Waals surface area contributed by atoms with E-state index in [1.165, 1.54) is 22.9 Å². The summed E-state index contributed by atoms with van der Waals surface area (Å²) in [4.78, 5) is 20.3. The lowest BCUT2D eigenvalue weighted by Gasteiger charge is -2.14. The Kier molecular flexibility index (Phi) is 6.13. The van der Waals surface area contributed by atoms with Crippen molar-refractivity contribution in [3.05, 3.63) is 64.9 Å². The van der Waals surface area contributed by atoms with Crippen molar-refractivity contribution < 1.29 is 22.7 Å². The molecular formula is C21H18ClF3N4O2. The van der Waals surface area contributed by atoms with Gasteiger partial charge in [0.1, 0.15) is 17.1 Å². The topological polar surface area (TPSA) is 60.0 Å². The summed E-state index contributed by atoms with van der Waals surface area (Å²) < 4.78 is 44.4. The van der Waals surface area contributed by atoms with Gasteiger partial charge in [-0.1, -0.05) is 29.8 Å². The maximum atomic E-state index is 12.6. The van der Waals surface area contributed by atoms with Crippen molar-refractivity contribution in [3.63, 3.8) is 0 Å². The van der Waals surface area contributed by atoms with Crippen molar-refractivity contribution in [2.75, 3.05) is 13.2 Å². The first-order valence-electron chi connectivity index (χ1n) is 9.13. The van der Waals surface area contributed by atoms with Gasteiger partial charge in [-0.3, -0.25) is 4.79 Å². The van der Waals surface area contributed by atoms with Crippen LogP contribution in [0.2, 0.25) is 5.02 Å². The number of carbonyl (C=O) groups is 1. The quantitative estimate of drug-likeness (QED) is 0.536. The van der Waals surface area contributed by atoms with E-state index in [1.807, 2.05) is 0 Å². The van der Waals surface area contributed by atoms with Crippen LogP contribution in [0.25, 0.3) is 21.6 Å². The third-order valence-corrected chi connectivity index (χ3v) is 4.51. The molecule has 0 aliphatic rings. The molecule has 162 valence electrons. The Labute approximate surface area is 181 Å². The molecule has 0 atom stereocenters. The van der Waals surface area contributed by atoms with Gasteiger partial charge in [0, 0.05) is 37.4 Å². The van der Waals surface area contributed by atoms with E-state index in [0.717, 1.165) is 0 Å². The monoisotopic (exact) mass is 450 g/mol. The second-order valence-corrected chi connectivity index (χ2v) is 7.87. The molecule has 0 spiro atoms. The number of hydrogen-bond donors (Lipinski definition) is 1. The number of alkyl halides is 3. The number of rotatable bonds is 6. The van der Waals surface area contributed by atoms with Gasteiger partial charge in [-0.2, -0.15) is 13.2 Å². The number of carbonyl (C=O) groups excluding carboxylic acids is 1. The first-order chi connectivity index (χ1) is 14.5. The van der Waals surface area contributed by atoms with Crippen LogP contribution < -0.4 is 10.1 Å². The molecule has 31 heavy (non-hydrogen) atoms. The molecule has 6 nitrogen and oxygen atoms in total. The predicted octanol–water partition coefficient (Wildman–Crippen LogP) is 5.02. The van der Waals surface area contributed by atoms with Gasteiger partial charge in [0.05, 0.1) is 11.6 Å². The van der Waals surface area contributed by atoms with Gasteiger partial charge >= 0.3 is 6.18 Å². The Morgan fingerprint density at radius 3 is 2.65 bits per heavy atom. The number of nitrogens with one attached hydrogen (secondary N) is 1. The lowest BCUT2D eigenvalue weighted by molar-refractivity contribution is -0.153. The van der Waals surface area contributed by atoms with E-state index in [1.54, 1.807) is 38.1 Å². The highest BCUT2D eigenvalue weighted by Crippen LogP contribution is 2.35. The number of pyridine rings is 1. The molecule has 1 amide bonds. The third-order valence-electron chi connectivity index (χ3n) is 4.30. The van der Waals surface area contributed by atoms with Gasteiger partial charge in [-0.05, 0) is 12.1 Å². The summed E-state index contributed by atoms with van der Waals surface area (Å²) in [6, 6.07) is 7.76. The molecule has 3 aromatic rings. The van der Waals surface area contributed by atoms with Crippen molar-refractivity contribution in [2.24, 2.45) is 0 Å². The standard InChI is InChI=1S/C21H18ClF3N4O2/c1-20(2,26-3)11-27-19(30)16-10-29-9-13(22)8-15(18(29)28-16)14-6-4-5-7-17(14)31-12-21(23,24)25/h4-10H,11-12H2,1-2H3,(H,27,30). The SMILES string of the molecule is [C-]#[N+]C(C)(C)CNC(=O)c1cn2cc(Cl)cc(-c3ccccc3OCC(F)(F)F)c2n1. The minimum atomic E-state index is -4.49. The molecule has 0 aliphatic carbocycles. The highest BCUT2D eigenvalue weighted by molar-refractivity contribution is 6.31. The van der Waals surface area contributed by atoms with Crippen molar-refractivity contribution in [1.29, 1.82) is 0 Å². The van der Waals surface area contributed by atoms with Crippen LogP contribution in [0.4, 0.5) is 13.2 Å². The molecule has 0 fully saturated rings. The Hall–Kier alpha value is -3.25. The van der Waals surface area contributed by atoms with E-state index in [0.29, 0.717) is 21.8 Å². The van der Waals surface area contributed by atoms with Crippen LogP contribution in [-0.4, -0.2) is 40.2 Å². The number of benzene rings is 1. The zero-order valence-corrected chi connectivity index (χ0v) is 17.4. The normalized spacial score (nSPS) is 11.9. The molecule has 0 aliphatic heterocycles. The largest absolute Gasteiger partial charge is 0.483 e. The third kappa shape index (κ3) is 5.47. The number of amides is 1. The number of imidazole rings is 1. The van der Waals surface area contributed by atoms with Gasteiger partial charge in [0.25, 0.3) is 5.91 Å². The Bertz CT molecular complexity index is 1170. The molecule has 0 unspecified atom stereocenters. The highest BCUT2D eigenvalue weighted by atomic mass is 35.5. The second-order valence-electron chi connectivity index (χ2n) is 7.44. The fourth-order valence-corrected chi connectivity index (χ4v) is 2.99. The summed E-state index contributed by atoms with van der Waals surface area (Å²) in [6.07, 6.45) is -1.50. The molecule has 0 saturated carbocycles. The van der Waals surface area contributed by atoms with E-state index in [-0.39, 0.29) is 18.0 Å². The number of halogens is 4. The van der Waals surface area contributed by atoms with Crippen LogP contribution in [0.5, 0.6) is 5.75 Å². The number of nitrogens with zero attached hydrogens (tertiary/aromatic N) is 3. The fraction of sp³-hybridized carbons (Fsp3) is 0.286. The van der Waals surface area contributed by atoms with E-state index < -0.39 is 24.2 Å². The van der Waals surface area contributed by atoms with Crippen LogP contribution in [-0.2, 0) is 0 Å². The molecule has 2 aromatic heterocycles. The number of ether oxygens (including phenoxy) is 1.